The van der Waals surface area contributed by atoms with Crippen molar-refractivity contribution in [3.63, 3.8) is 0 Å². The maximum atomic E-state index is 5.59. The highest BCUT2D eigenvalue weighted by molar-refractivity contribution is 7.99. The summed E-state index contributed by atoms with van der Waals surface area (Å²) in [6.07, 6.45) is 0. The minimum atomic E-state index is 0.448. The van der Waals surface area contributed by atoms with Crippen LogP contribution in [-0.4, -0.2) is 16.0 Å². The van der Waals surface area contributed by atoms with Crippen LogP contribution in [-0.2, 0) is 0 Å². The second-order valence-corrected chi connectivity index (χ2v) is 4.33. The average Bonchev–Trinajstić information content (AvgIpc) is 2.03. The zero-order chi connectivity index (χ0) is 8.97. The number of aromatic nitrogens is 2. The number of halogens is 1. The van der Waals surface area contributed by atoms with E-state index in [0.29, 0.717) is 11.1 Å². The van der Waals surface area contributed by atoms with Gasteiger partial charge in [-0.05, 0) is 18.1 Å². The fraction of sp³-hybridized carbons (Fsp3) is 0.500. The van der Waals surface area contributed by atoms with Crippen LogP contribution in [0.4, 0.5) is 0 Å². The fourth-order valence-corrected chi connectivity index (χ4v) is 1.50. The largest absolute Gasteiger partial charge is 0.151 e. The molecule has 0 atom stereocenters. The molecule has 0 unspecified atom stereocenters. The van der Waals surface area contributed by atoms with Gasteiger partial charge in [0.15, 0.2) is 5.15 Å². The lowest BCUT2D eigenvalue weighted by molar-refractivity contribution is 0.748. The first-order valence-corrected chi connectivity index (χ1v) is 5.17. The standard InChI is InChI=1S/C8H11ClN2S/c1-6(2)5-12-8-4-3-7(9)10-11-8/h3-4,6H,5H2,1-2H3. The Morgan fingerprint density at radius 1 is 1.42 bits per heavy atom. The highest BCUT2D eigenvalue weighted by Gasteiger charge is 1.98. The Labute approximate surface area is 81.7 Å². The number of nitrogens with zero attached hydrogens (tertiary/aromatic N) is 2. The molecule has 1 aromatic heterocycles. The molecular formula is C8H11ClN2S. The van der Waals surface area contributed by atoms with Crippen LogP contribution in [0.15, 0.2) is 17.2 Å². The highest BCUT2D eigenvalue weighted by Crippen LogP contribution is 2.17. The van der Waals surface area contributed by atoms with Gasteiger partial charge in [-0.3, -0.25) is 0 Å². The van der Waals surface area contributed by atoms with Crippen LogP contribution in [0.25, 0.3) is 0 Å². The van der Waals surface area contributed by atoms with Crippen molar-refractivity contribution in [3.05, 3.63) is 17.3 Å². The van der Waals surface area contributed by atoms with Gasteiger partial charge < -0.3 is 0 Å². The minimum absolute atomic E-state index is 0.448. The third-order valence-electron chi connectivity index (χ3n) is 1.17. The van der Waals surface area contributed by atoms with E-state index in [4.69, 9.17) is 11.6 Å². The van der Waals surface area contributed by atoms with Gasteiger partial charge in [0.25, 0.3) is 0 Å². The number of thioether (sulfide) groups is 1. The highest BCUT2D eigenvalue weighted by atomic mass is 35.5. The van der Waals surface area contributed by atoms with Gasteiger partial charge in [0.2, 0.25) is 0 Å². The Bertz CT molecular complexity index is 235. The van der Waals surface area contributed by atoms with E-state index in [9.17, 15) is 0 Å². The summed E-state index contributed by atoms with van der Waals surface area (Å²) in [6, 6.07) is 3.65. The van der Waals surface area contributed by atoms with Crippen molar-refractivity contribution in [3.8, 4) is 0 Å². The quantitative estimate of drug-likeness (QED) is 0.705. The third-order valence-corrected chi connectivity index (χ3v) is 2.72. The molecule has 0 aliphatic rings. The lowest BCUT2D eigenvalue weighted by atomic mass is 10.3. The average molecular weight is 203 g/mol. The molecule has 12 heavy (non-hydrogen) atoms. The van der Waals surface area contributed by atoms with Gasteiger partial charge in [0.05, 0.1) is 0 Å². The molecule has 0 bridgehead atoms. The lowest BCUT2D eigenvalue weighted by Gasteiger charge is -2.01. The van der Waals surface area contributed by atoms with E-state index in [2.05, 4.69) is 24.0 Å². The summed E-state index contributed by atoms with van der Waals surface area (Å²) in [7, 11) is 0. The molecular weight excluding hydrogens is 192 g/mol. The van der Waals surface area contributed by atoms with Gasteiger partial charge in [-0.1, -0.05) is 25.4 Å². The molecule has 0 fully saturated rings. The van der Waals surface area contributed by atoms with Crippen LogP contribution in [0.2, 0.25) is 5.15 Å². The molecule has 1 heterocycles. The maximum Gasteiger partial charge on any atom is 0.151 e. The van der Waals surface area contributed by atoms with Crippen molar-refractivity contribution in [2.24, 2.45) is 5.92 Å². The molecule has 1 rings (SSSR count). The van der Waals surface area contributed by atoms with Crippen molar-refractivity contribution in [1.29, 1.82) is 0 Å². The minimum Gasteiger partial charge on any atom is -0.143 e. The smallest absolute Gasteiger partial charge is 0.143 e. The fourth-order valence-electron chi connectivity index (χ4n) is 0.633. The van der Waals surface area contributed by atoms with Crippen LogP contribution < -0.4 is 0 Å². The summed E-state index contributed by atoms with van der Waals surface area (Å²) in [5, 5.41) is 9.07. The molecule has 0 aliphatic carbocycles. The summed E-state index contributed by atoms with van der Waals surface area (Å²) >= 11 is 7.30. The van der Waals surface area contributed by atoms with E-state index in [-0.39, 0.29) is 0 Å². The summed E-state index contributed by atoms with van der Waals surface area (Å²) in [5.41, 5.74) is 0. The monoisotopic (exact) mass is 202 g/mol. The molecule has 0 N–H and O–H groups in total. The topological polar surface area (TPSA) is 25.8 Å². The van der Waals surface area contributed by atoms with Crippen LogP contribution in [0.3, 0.4) is 0 Å². The van der Waals surface area contributed by atoms with Gasteiger partial charge in [0.1, 0.15) is 5.03 Å². The molecule has 0 saturated carbocycles. The molecule has 0 saturated heterocycles. The predicted molar refractivity (Wildman–Crippen MR) is 52.6 cm³/mol. The number of hydrogen-bond donors (Lipinski definition) is 0. The van der Waals surface area contributed by atoms with E-state index in [1.807, 2.05) is 6.07 Å². The van der Waals surface area contributed by atoms with Crippen LogP contribution in [0.1, 0.15) is 13.8 Å². The Kier molecular flexibility index (Phi) is 3.82. The van der Waals surface area contributed by atoms with Crippen molar-refractivity contribution in [1.82, 2.24) is 10.2 Å². The van der Waals surface area contributed by atoms with Crippen molar-refractivity contribution in [2.45, 2.75) is 18.9 Å². The van der Waals surface area contributed by atoms with Crippen molar-refractivity contribution < 1.29 is 0 Å². The Balaban J connectivity index is 2.48. The molecule has 1 aromatic rings. The number of hydrogen-bond acceptors (Lipinski definition) is 3. The van der Waals surface area contributed by atoms with Crippen LogP contribution in [0, 0.1) is 5.92 Å². The Morgan fingerprint density at radius 3 is 2.67 bits per heavy atom. The molecule has 2 nitrogen and oxygen atoms in total. The molecule has 0 spiro atoms. The second kappa shape index (κ2) is 4.67. The lowest BCUT2D eigenvalue weighted by Crippen LogP contribution is -1.92. The van der Waals surface area contributed by atoms with Gasteiger partial charge >= 0.3 is 0 Å². The van der Waals surface area contributed by atoms with Gasteiger partial charge in [-0.25, -0.2) is 0 Å². The molecule has 0 radical (unpaired) electrons. The molecule has 0 aliphatic heterocycles. The van der Waals surface area contributed by atoms with E-state index < -0.39 is 0 Å². The maximum absolute atomic E-state index is 5.59. The molecule has 66 valence electrons. The first kappa shape index (κ1) is 9.81. The van der Waals surface area contributed by atoms with Crippen LogP contribution >= 0.6 is 23.4 Å². The predicted octanol–water partition coefficient (Wildman–Crippen LogP) is 2.88. The van der Waals surface area contributed by atoms with E-state index in [0.717, 1.165) is 10.8 Å². The second-order valence-electron chi connectivity index (χ2n) is 2.90. The molecule has 4 heteroatoms. The normalized spacial score (nSPS) is 10.7. The van der Waals surface area contributed by atoms with E-state index in [1.54, 1.807) is 17.8 Å². The summed E-state index contributed by atoms with van der Waals surface area (Å²) in [4.78, 5) is 0. The Hall–Kier alpha value is -0.280. The number of rotatable bonds is 3. The SMILES string of the molecule is CC(C)CSc1ccc(Cl)nn1. The third kappa shape index (κ3) is 3.41. The first-order valence-electron chi connectivity index (χ1n) is 3.80. The summed E-state index contributed by atoms with van der Waals surface area (Å²) < 4.78 is 0. The van der Waals surface area contributed by atoms with Crippen LogP contribution in [0.5, 0.6) is 0 Å². The zero-order valence-electron chi connectivity index (χ0n) is 7.12. The zero-order valence-corrected chi connectivity index (χ0v) is 8.69. The first-order chi connectivity index (χ1) is 5.68. The summed E-state index contributed by atoms with van der Waals surface area (Å²) in [6.45, 7) is 4.35. The van der Waals surface area contributed by atoms with Crippen molar-refractivity contribution in [2.75, 3.05) is 5.75 Å². The van der Waals surface area contributed by atoms with E-state index >= 15 is 0 Å². The van der Waals surface area contributed by atoms with Gasteiger partial charge in [-0.15, -0.1) is 22.0 Å². The summed E-state index contributed by atoms with van der Waals surface area (Å²) in [5.74, 6) is 1.74. The van der Waals surface area contributed by atoms with Gasteiger partial charge in [-0.2, -0.15) is 0 Å². The van der Waals surface area contributed by atoms with Gasteiger partial charge in [0, 0.05) is 5.75 Å². The van der Waals surface area contributed by atoms with Crippen molar-refractivity contribution >= 4 is 23.4 Å². The molecule has 0 aromatic carbocycles. The van der Waals surface area contributed by atoms with E-state index in [1.165, 1.54) is 0 Å². The molecule has 0 amide bonds. The Morgan fingerprint density at radius 2 is 2.17 bits per heavy atom.